The maximum absolute atomic E-state index is 12.4. The van der Waals surface area contributed by atoms with Crippen molar-refractivity contribution in [2.24, 2.45) is 0 Å². The average molecular weight is 431 g/mol. The molecule has 15 heteroatoms. The van der Waals surface area contributed by atoms with Gasteiger partial charge in [-0.3, -0.25) is 14.2 Å². The summed E-state index contributed by atoms with van der Waals surface area (Å²) in [6.07, 6.45) is 4.82. The number of nitrogens with one attached hydrogen (secondary N) is 2. The summed E-state index contributed by atoms with van der Waals surface area (Å²) in [4.78, 5) is 31.3. The van der Waals surface area contributed by atoms with Gasteiger partial charge in [-0.2, -0.15) is 13.5 Å². The Kier molecular flexibility index (Phi) is 5.39. The molecule has 1 aromatic rings. The van der Waals surface area contributed by atoms with Crippen LogP contribution in [0.25, 0.3) is 0 Å². The van der Waals surface area contributed by atoms with Crippen molar-refractivity contribution in [3.8, 4) is 0 Å². The number of piperidine rings is 1. The van der Waals surface area contributed by atoms with Crippen LogP contribution in [0.3, 0.4) is 0 Å². The highest BCUT2D eigenvalue weighted by Crippen LogP contribution is 2.30. The molecule has 0 aromatic carbocycles. The average Bonchev–Trinajstić information content (AvgIpc) is 3.39. The molecule has 0 aliphatic carbocycles. The van der Waals surface area contributed by atoms with Crippen LogP contribution in [0.15, 0.2) is 12.4 Å². The summed E-state index contributed by atoms with van der Waals surface area (Å²) in [5.41, 5.74) is 2.36. The predicted molar refractivity (Wildman–Crippen MR) is 92.9 cm³/mol. The molecule has 3 N–H and O–H groups in total. The number of nitrogens with zero attached hydrogens (tertiary/aromatic N) is 5. The van der Waals surface area contributed by atoms with Crippen molar-refractivity contribution in [1.29, 1.82) is 0 Å². The van der Waals surface area contributed by atoms with Gasteiger partial charge in [0.15, 0.2) is 0 Å². The van der Waals surface area contributed by atoms with Crippen LogP contribution in [-0.4, -0.2) is 87.7 Å². The lowest BCUT2D eigenvalue weighted by Gasteiger charge is -2.29. The van der Waals surface area contributed by atoms with Gasteiger partial charge in [-0.1, -0.05) is 5.21 Å². The zero-order chi connectivity index (χ0) is 20.6. The molecular weight excluding hydrogens is 410 g/mol. The number of hydrogen-bond donors (Lipinski definition) is 3. The van der Waals surface area contributed by atoms with Crippen molar-refractivity contribution >= 4 is 22.3 Å². The van der Waals surface area contributed by atoms with Crippen LogP contribution in [0.1, 0.15) is 25.3 Å². The molecule has 3 fully saturated rings. The van der Waals surface area contributed by atoms with Gasteiger partial charge in [0, 0.05) is 25.3 Å². The minimum atomic E-state index is -4.83. The number of fused-ring (bicyclic) bond motifs is 2. The highest BCUT2D eigenvalue weighted by molar-refractivity contribution is 7.80. The van der Waals surface area contributed by atoms with Gasteiger partial charge in [-0.15, -0.1) is 9.38 Å². The molecule has 0 radical (unpaired) electrons. The zero-order valence-corrected chi connectivity index (χ0v) is 16.1. The number of aromatic nitrogens is 3. The van der Waals surface area contributed by atoms with Crippen LogP contribution in [0.5, 0.6) is 0 Å². The van der Waals surface area contributed by atoms with Crippen LogP contribution in [0.2, 0.25) is 0 Å². The Morgan fingerprint density at radius 1 is 1.38 bits per heavy atom. The van der Waals surface area contributed by atoms with Crippen LogP contribution in [0.4, 0.5) is 4.79 Å². The Hall–Kier alpha value is -2.33. The molecule has 3 aliphatic rings. The summed E-state index contributed by atoms with van der Waals surface area (Å²) in [5, 5.41) is 11.6. The second-order valence-corrected chi connectivity index (χ2v) is 8.17. The molecule has 1 aromatic heterocycles. The molecular formula is C14H21N7O7S. The molecule has 4 rings (SSSR count). The Morgan fingerprint density at radius 3 is 2.93 bits per heavy atom. The Labute approximate surface area is 166 Å². The summed E-state index contributed by atoms with van der Waals surface area (Å²) in [5.74, 6) is -0.503. The number of hydroxylamine groups is 3. The quantitative estimate of drug-likeness (QED) is 0.332. The first-order valence-corrected chi connectivity index (χ1v) is 10.5. The third-order valence-corrected chi connectivity index (χ3v) is 5.62. The first-order valence-electron chi connectivity index (χ1n) is 9.09. The van der Waals surface area contributed by atoms with E-state index in [1.165, 1.54) is 4.90 Å². The van der Waals surface area contributed by atoms with E-state index in [1.807, 2.05) is 0 Å². The minimum absolute atomic E-state index is 0.0207. The van der Waals surface area contributed by atoms with Crippen molar-refractivity contribution in [2.45, 2.75) is 43.4 Å². The summed E-state index contributed by atoms with van der Waals surface area (Å²) in [6, 6.07) is -1.97. The van der Waals surface area contributed by atoms with Gasteiger partial charge < -0.3 is 10.2 Å². The number of amides is 3. The second kappa shape index (κ2) is 7.83. The second-order valence-electron chi connectivity index (χ2n) is 7.17. The molecule has 0 saturated carbocycles. The van der Waals surface area contributed by atoms with E-state index in [-0.39, 0.29) is 25.2 Å². The van der Waals surface area contributed by atoms with Crippen LogP contribution in [0, 0.1) is 0 Å². The van der Waals surface area contributed by atoms with Crippen molar-refractivity contribution in [2.75, 3.05) is 19.7 Å². The minimum Gasteiger partial charge on any atom is -0.309 e. The third-order valence-electron chi connectivity index (χ3n) is 5.27. The highest BCUT2D eigenvalue weighted by atomic mass is 32.3. The maximum Gasteiger partial charge on any atom is 0.418 e. The number of carbonyl (C=O) groups is 2. The van der Waals surface area contributed by atoms with Gasteiger partial charge in [0.05, 0.1) is 24.9 Å². The SMILES string of the molecule is O=C(NOC[C@@H]1C[C@@H](n2ccnn2)CN1)[C@@H]1CC[C@@H]2CN1C(=O)N2OS(=O)(=O)O. The predicted octanol–water partition coefficient (Wildman–Crippen LogP) is -1.77. The molecule has 29 heavy (non-hydrogen) atoms. The molecule has 4 heterocycles. The topological polar surface area (TPSA) is 168 Å². The van der Waals surface area contributed by atoms with E-state index < -0.39 is 34.4 Å². The van der Waals surface area contributed by atoms with E-state index in [2.05, 4.69) is 25.4 Å². The molecule has 2 bridgehead atoms. The van der Waals surface area contributed by atoms with E-state index in [9.17, 15) is 18.0 Å². The van der Waals surface area contributed by atoms with Gasteiger partial charge in [0.1, 0.15) is 6.04 Å². The molecule has 160 valence electrons. The number of hydrogen-bond acceptors (Lipinski definition) is 9. The highest BCUT2D eigenvalue weighted by Gasteiger charge is 2.49. The summed E-state index contributed by atoms with van der Waals surface area (Å²) >= 11 is 0. The normalized spacial score (nSPS) is 29.5. The fraction of sp³-hybridized carbons (Fsp3) is 0.714. The summed E-state index contributed by atoms with van der Waals surface area (Å²) < 4.78 is 36.7. The van der Waals surface area contributed by atoms with Gasteiger partial charge in [0.25, 0.3) is 5.91 Å². The third kappa shape index (κ3) is 4.32. The molecule has 0 unspecified atom stereocenters. The number of urea groups is 1. The van der Waals surface area contributed by atoms with Gasteiger partial charge in [-0.25, -0.2) is 15.0 Å². The van der Waals surface area contributed by atoms with Gasteiger partial charge in [-0.05, 0) is 19.3 Å². The van der Waals surface area contributed by atoms with Gasteiger partial charge in [0.2, 0.25) is 0 Å². The molecule has 3 amide bonds. The summed E-state index contributed by atoms with van der Waals surface area (Å²) in [6.45, 7) is 1.07. The lowest BCUT2D eigenvalue weighted by molar-refractivity contribution is -0.139. The molecule has 3 saturated heterocycles. The first kappa shape index (κ1) is 20.0. The lowest BCUT2D eigenvalue weighted by atomic mass is 10.0. The fourth-order valence-electron chi connectivity index (χ4n) is 3.92. The first-order chi connectivity index (χ1) is 13.8. The maximum atomic E-state index is 12.4. The van der Waals surface area contributed by atoms with Crippen molar-refractivity contribution < 1.29 is 31.7 Å². The Bertz CT molecular complexity index is 864. The molecule has 0 spiro atoms. The fourth-order valence-corrected chi connectivity index (χ4v) is 4.31. The summed E-state index contributed by atoms with van der Waals surface area (Å²) in [7, 11) is -4.83. The standard InChI is InChI=1S/C14H21N7O7S/c22-13(17-27-8-9-5-11(6-15-9)20-4-3-16-18-20)12-2-1-10-7-19(12)14(23)21(10)28-29(24,25)26/h3-4,9-12,15H,1-2,5-8H2,(H,17,22)(H,24,25,26)/t9-,10+,11+,12-/m0/s1. The molecule has 14 nitrogen and oxygen atoms in total. The van der Waals surface area contributed by atoms with E-state index in [0.29, 0.717) is 24.4 Å². The lowest BCUT2D eigenvalue weighted by Crippen LogP contribution is -2.50. The molecule has 3 aliphatic heterocycles. The van der Waals surface area contributed by atoms with E-state index in [4.69, 9.17) is 9.39 Å². The monoisotopic (exact) mass is 431 g/mol. The molecule has 4 atom stereocenters. The van der Waals surface area contributed by atoms with Gasteiger partial charge >= 0.3 is 16.4 Å². The number of rotatable bonds is 7. The van der Waals surface area contributed by atoms with Crippen molar-refractivity contribution in [3.63, 3.8) is 0 Å². The smallest absolute Gasteiger partial charge is 0.309 e. The van der Waals surface area contributed by atoms with Crippen LogP contribution < -0.4 is 10.8 Å². The number of carbonyl (C=O) groups excluding carboxylic acids is 2. The van der Waals surface area contributed by atoms with Crippen molar-refractivity contribution in [3.05, 3.63) is 12.4 Å². The Morgan fingerprint density at radius 2 is 2.21 bits per heavy atom. The van der Waals surface area contributed by atoms with Crippen LogP contribution in [-0.2, 0) is 24.3 Å². The Balaban J connectivity index is 1.25. The largest absolute Gasteiger partial charge is 0.418 e. The van der Waals surface area contributed by atoms with Crippen molar-refractivity contribution in [1.82, 2.24) is 35.8 Å². The zero-order valence-electron chi connectivity index (χ0n) is 15.2. The van der Waals surface area contributed by atoms with Crippen LogP contribution >= 0.6 is 0 Å². The van der Waals surface area contributed by atoms with E-state index in [0.717, 1.165) is 6.42 Å². The van der Waals surface area contributed by atoms with E-state index in [1.54, 1.807) is 17.1 Å². The van der Waals surface area contributed by atoms with E-state index >= 15 is 0 Å².